The second-order valence-corrected chi connectivity index (χ2v) is 7.52. The summed E-state index contributed by atoms with van der Waals surface area (Å²) in [5, 5.41) is 7.85. The summed E-state index contributed by atoms with van der Waals surface area (Å²) in [6.07, 6.45) is 2.92. The number of carbonyl (C=O) groups excluding carboxylic acids is 3. The van der Waals surface area contributed by atoms with Gasteiger partial charge in [0.25, 0.3) is 0 Å². The number of nitrogens with one attached hydrogen (secondary N) is 3. The monoisotopic (exact) mass is 341 g/mol. The molecule has 0 aromatic rings. The fourth-order valence-electron chi connectivity index (χ4n) is 1.45. The normalized spacial score (nSPS) is 11.9. The van der Waals surface area contributed by atoms with Crippen molar-refractivity contribution in [1.29, 1.82) is 0 Å². The third-order valence-electron chi connectivity index (χ3n) is 2.50. The van der Waals surface area contributed by atoms with Gasteiger partial charge in [-0.05, 0) is 32.3 Å². The second kappa shape index (κ2) is 9.95. The molecule has 0 heterocycles. The van der Waals surface area contributed by atoms with Crippen LogP contribution in [0.2, 0.25) is 0 Å². The van der Waals surface area contributed by atoms with E-state index in [1.165, 1.54) is 6.08 Å². The van der Waals surface area contributed by atoms with Crippen LogP contribution in [0.15, 0.2) is 12.2 Å². The fourth-order valence-corrected chi connectivity index (χ4v) is 1.45. The molecular formula is C17H31N3O4. The van der Waals surface area contributed by atoms with Gasteiger partial charge >= 0.3 is 6.09 Å². The summed E-state index contributed by atoms with van der Waals surface area (Å²) in [4.78, 5) is 34.5. The molecule has 3 N–H and O–H groups in total. The zero-order valence-corrected chi connectivity index (χ0v) is 15.6. The number of carbonyl (C=O) groups is 3. The highest BCUT2D eigenvalue weighted by Gasteiger charge is 2.15. The van der Waals surface area contributed by atoms with Gasteiger partial charge in [-0.25, -0.2) is 4.79 Å². The molecule has 0 saturated carbocycles. The molecule has 0 bridgehead atoms. The predicted molar refractivity (Wildman–Crippen MR) is 93.5 cm³/mol. The van der Waals surface area contributed by atoms with Crippen molar-refractivity contribution in [2.24, 2.45) is 5.41 Å². The molecule has 0 aliphatic rings. The second-order valence-electron chi connectivity index (χ2n) is 7.52. The maximum atomic E-state index is 11.6. The fraction of sp³-hybridized carbons (Fsp3) is 0.706. The van der Waals surface area contributed by atoms with E-state index in [2.05, 4.69) is 16.0 Å². The van der Waals surface area contributed by atoms with Crippen molar-refractivity contribution < 1.29 is 19.1 Å². The van der Waals surface area contributed by atoms with Crippen LogP contribution in [0.4, 0.5) is 4.79 Å². The first-order valence-corrected chi connectivity index (χ1v) is 8.10. The Balaban J connectivity index is 3.76. The molecule has 0 aromatic carbocycles. The van der Waals surface area contributed by atoms with E-state index in [1.54, 1.807) is 20.8 Å². The molecule has 0 rings (SSSR count). The summed E-state index contributed by atoms with van der Waals surface area (Å²) < 4.78 is 5.06. The van der Waals surface area contributed by atoms with Crippen molar-refractivity contribution in [2.75, 3.05) is 19.6 Å². The Hall–Kier alpha value is -2.05. The van der Waals surface area contributed by atoms with Crippen LogP contribution < -0.4 is 16.0 Å². The van der Waals surface area contributed by atoms with Crippen LogP contribution in [0.25, 0.3) is 0 Å². The van der Waals surface area contributed by atoms with Crippen molar-refractivity contribution in [2.45, 2.75) is 53.6 Å². The van der Waals surface area contributed by atoms with Crippen LogP contribution in [-0.4, -0.2) is 43.1 Å². The van der Waals surface area contributed by atoms with Gasteiger partial charge in [-0.2, -0.15) is 0 Å². The zero-order chi connectivity index (χ0) is 18.8. The van der Waals surface area contributed by atoms with Gasteiger partial charge in [0.2, 0.25) is 11.8 Å². The number of amides is 3. The molecule has 0 spiro atoms. The van der Waals surface area contributed by atoms with Gasteiger partial charge in [0, 0.05) is 26.1 Å². The van der Waals surface area contributed by atoms with Crippen molar-refractivity contribution >= 4 is 17.9 Å². The lowest BCUT2D eigenvalue weighted by Crippen LogP contribution is -2.37. The smallest absolute Gasteiger partial charge is 0.407 e. The number of alkyl carbamates (subject to hydrolysis) is 1. The molecule has 0 fully saturated rings. The molecule has 24 heavy (non-hydrogen) atoms. The lowest BCUT2D eigenvalue weighted by Gasteiger charge is -2.19. The minimum absolute atomic E-state index is 0.0489. The van der Waals surface area contributed by atoms with E-state index in [-0.39, 0.29) is 30.2 Å². The van der Waals surface area contributed by atoms with Crippen LogP contribution in [0.5, 0.6) is 0 Å². The first-order valence-electron chi connectivity index (χ1n) is 8.10. The standard InChI is InChI=1S/C17H31N3O4/c1-16(2,3)9-7-13(21)18-11-12-19-14(22)8-10-20-15(23)24-17(4,5)6/h7,9H,8,10-12H2,1-6H3,(H,18,21)(H,19,22)(H,20,23)/b9-7+. The lowest BCUT2D eigenvalue weighted by atomic mass is 9.96. The van der Waals surface area contributed by atoms with Crippen LogP contribution in [0.1, 0.15) is 48.0 Å². The number of ether oxygens (including phenoxy) is 1. The largest absolute Gasteiger partial charge is 0.444 e. The summed E-state index contributed by atoms with van der Waals surface area (Å²) in [6.45, 7) is 12.2. The van der Waals surface area contributed by atoms with E-state index in [9.17, 15) is 14.4 Å². The predicted octanol–water partition coefficient (Wildman–Crippen LogP) is 1.74. The van der Waals surface area contributed by atoms with Crippen LogP contribution in [-0.2, 0) is 14.3 Å². The maximum Gasteiger partial charge on any atom is 0.407 e. The Bertz CT molecular complexity index is 459. The molecule has 0 radical (unpaired) electrons. The third-order valence-corrected chi connectivity index (χ3v) is 2.50. The summed E-state index contributed by atoms with van der Waals surface area (Å²) >= 11 is 0. The quantitative estimate of drug-likeness (QED) is 0.485. The average molecular weight is 341 g/mol. The van der Waals surface area contributed by atoms with Crippen molar-refractivity contribution in [3.63, 3.8) is 0 Å². The van der Waals surface area contributed by atoms with Crippen molar-refractivity contribution in [3.05, 3.63) is 12.2 Å². The highest BCUT2D eigenvalue weighted by Crippen LogP contribution is 2.13. The van der Waals surface area contributed by atoms with Crippen LogP contribution >= 0.6 is 0 Å². The first kappa shape index (κ1) is 21.9. The molecule has 7 heteroatoms. The van der Waals surface area contributed by atoms with Gasteiger partial charge in [-0.1, -0.05) is 26.8 Å². The third kappa shape index (κ3) is 14.9. The highest BCUT2D eigenvalue weighted by atomic mass is 16.6. The van der Waals surface area contributed by atoms with Crippen LogP contribution in [0.3, 0.4) is 0 Å². The minimum atomic E-state index is -0.564. The summed E-state index contributed by atoms with van der Waals surface area (Å²) in [5.41, 5.74) is -0.612. The van der Waals surface area contributed by atoms with Gasteiger partial charge in [-0.3, -0.25) is 9.59 Å². The van der Waals surface area contributed by atoms with Gasteiger partial charge in [0.15, 0.2) is 0 Å². The summed E-state index contributed by atoms with van der Waals surface area (Å²) in [7, 11) is 0. The highest BCUT2D eigenvalue weighted by molar-refractivity contribution is 5.87. The molecule has 0 aliphatic heterocycles. The van der Waals surface area contributed by atoms with Crippen LogP contribution in [0, 0.1) is 5.41 Å². The van der Waals surface area contributed by atoms with Gasteiger partial charge in [-0.15, -0.1) is 0 Å². The zero-order valence-electron chi connectivity index (χ0n) is 15.6. The molecule has 0 unspecified atom stereocenters. The van der Waals surface area contributed by atoms with E-state index in [0.29, 0.717) is 13.1 Å². The molecule has 0 aliphatic carbocycles. The maximum absolute atomic E-state index is 11.6. The van der Waals surface area contributed by atoms with E-state index < -0.39 is 11.7 Å². The molecular weight excluding hydrogens is 310 g/mol. The number of allylic oxidation sites excluding steroid dienone is 1. The Morgan fingerprint density at radius 2 is 1.46 bits per heavy atom. The lowest BCUT2D eigenvalue weighted by molar-refractivity contribution is -0.121. The minimum Gasteiger partial charge on any atom is -0.444 e. The van der Waals surface area contributed by atoms with Crippen molar-refractivity contribution in [3.8, 4) is 0 Å². The van der Waals surface area contributed by atoms with E-state index in [0.717, 1.165) is 0 Å². The number of hydrogen-bond donors (Lipinski definition) is 3. The SMILES string of the molecule is CC(C)(C)/C=C/C(=O)NCCNC(=O)CCNC(=O)OC(C)(C)C. The Morgan fingerprint density at radius 1 is 0.875 bits per heavy atom. The number of hydrogen-bond acceptors (Lipinski definition) is 4. The molecule has 0 atom stereocenters. The Labute approximate surface area is 144 Å². The van der Waals surface area contributed by atoms with Gasteiger partial charge < -0.3 is 20.7 Å². The Kier molecular flexibility index (Phi) is 9.10. The number of rotatable bonds is 7. The Morgan fingerprint density at radius 3 is 2.00 bits per heavy atom. The summed E-state index contributed by atoms with van der Waals surface area (Å²) in [5.74, 6) is -0.392. The molecule has 0 aromatic heterocycles. The topological polar surface area (TPSA) is 96.5 Å². The average Bonchev–Trinajstić information content (AvgIpc) is 2.38. The summed E-state index contributed by atoms with van der Waals surface area (Å²) in [6, 6.07) is 0. The van der Waals surface area contributed by atoms with Gasteiger partial charge in [0.05, 0.1) is 0 Å². The molecule has 7 nitrogen and oxygen atoms in total. The van der Waals surface area contributed by atoms with E-state index in [4.69, 9.17) is 4.74 Å². The molecule has 3 amide bonds. The van der Waals surface area contributed by atoms with Crippen molar-refractivity contribution in [1.82, 2.24) is 16.0 Å². The van der Waals surface area contributed by atoms with Gasteiger partial charge in [0.1, 0.15) is 5.60 Å². The first-order chi connectivity index (χ1) is 10.9. The molecule has 138 valence electrons. The van der Waals surface area contributed by atoms with E-state index in [1.807, 2.05) is 26.8 Å². The molecule has 0 saturated heterocycles. The van der Waals surface area contributed by atoms with E-state index >= 15 is 0 Å².